The topological polar surface area (TPSA) is 78.9 Å². The Morgan fingerprint density at radius 2 is 0.500 bits per heavy atom. The fourth-order valence-corrected chi connectivity index (χ4v) is 9.62. The highest BCUT2D eigenvalue weighted by Crippen LogP contribution is 2.17. The van der Waals surface area contributed by atoms with Crippen LogP contribution in [0.4, 0.5) is 0 Å². The number of hydrogen-bond acceptors (Lipinski definition) is 6. The number of rotatable bonds is 61. The summed E-state index contributed by atoms with van der Waals surface area (Å²) < 4.78 is 16.9. The Balaban J connectivity index is 4.39. The summed E-state index contributed by atoms with van der Waals surface area (Å²) in [6.07, 6.45) is 87.4. The predicted molar refractivity (Wildman–Crippen MR) is 339 cm³/mol. The lowest BCUT2D eigenvalue weighted by Gasteiger charge is -2.18. The van der Waals surface area contributed by atoms with E-state index in [-0.39, 0.29) is 37.5 Å². The van der Waals surface area contributed by atoms with Crippen LogP contribution in [0.25, 0.3) is 0 Å². The molecule has 0 aliphatic rings. The van der Waals surface area contributed by atoms with Crippen molar-refractivity contribution < 1.29 is 28.6 Å². The summed E-state index contributed by atoms with van der Waals surface area (Å²) in [6, 6.07) is 0. The third-order valence-electron chi connectivity index (χ3n) is 14.6. The standard InChI is InChI=1S/C72H126O6/c1-4-7-10-13-16-19-22-25-28-31-34-35-36-37-39-41-44-47-50-53-56-59-62-65-71(74)77-68-69(67-76-70(73)64-61-58-55-52-49-46-43-40-33-30-27-24-21-18-15-12-9-6-3)78-72(75)66-63-60-57-54-51-48-45-42-38-32-29-26-23-20-17-14-11-8-5-2/h8,11,17,20-21,24,26,29-30,33,38,42,48,51,69H,4-7,9-10,12-16,18-19,22-23,25,27-28,31-32,34-37,39-41,43-47,49-50,52-68H2,1-3H3/b11-8-,20-17-,24-21-,29-26-,33-30-,42-38-,51-48-. The summed E-state index contributed by atoms with van der Waals surface area (Å²) in [4.78, 5) is 38.4. The molecule has 0 saturated carbocycles. The highest BCUT2D eigenvalue weighted by atomic mass is 16.6. The first-order chi connectivity index (χ1) is 38.5. The van der Waals surface area contributed by atoms with Crippen LogP contribution in [-0.2, 0) is 28.6 Å². The zero-order valence-electron chi connectivity index (χ0n) is 51.7. The van der Waals surface area contributed by atoms with Gasteiger partial charge in [-0.1, -0.05) is 305 Å². The van der Waals surface area contributed by atoms with E-state index in [1.54, 1.807) is 0 Å². The number of unbranched alkanes of at least 4 members (excludes halogenated alkanes) is 36. The fraction of sp³-hybridized carbons (Fsp3) is 0.764. The molecule has 0 saturated heterocycles. The number of carbonyl (C=O) groups excluding carboxylic acids is 3. The van der Waals surface area contributed by atoms with Crippen LogP contribution in [0.5, 0.6) is 0 Å². The lowest BCUT2D eigenvalue weighted by molar-refractivity contribution is -0.167. The van der Waals surface area contributed by atoms with Gasteiger partial charge in [0.05, 0.1) is 0 Å². The second-order valence-electron chi connectivity index (χ2n) is 22.4. The maximum Gasteiger partial charge on any atom is 0.306 e. The summed E-state index contributed by atoms with van der Waals surface area (Å²) in [5.74, 6) is -0.914. The zero-order chi connectivity index (χ0) is 56.4. The van der Waals surface area contributed by atoms with Crippen molar-refractivity contribution in [1.29, 1.82) is 0 Å². The molecule has 0 aliphatic carbocycles. The third kappa shape index (κ3) is 63.4. The molecule has 0 aromatic rings. The van der Waals surface area contributed by atoms with Gasteiger partial charge in [-0.25, -0.2) is 0 Å². The molecular weight excluding hydrogens is 961 g/mol. The van der Waals surface area contributed by atoms with Gasteiger partial charge in [-0.2, -0.15) is 0 Å². The van der Waals surface area contributed by atoms with Crippen LogP contribution >= 0.6 is 0 Å². The van der Waals surface area contributed by atoms with Crippen molar-refractivity contribution in [2.75, 3.05) is 13.2 Å². The molecule has 0 aliphatic heterocycles. The number of ether oxygens (including phenoxy) is 3. The van der Waals surface area contributed by atoms with Crippen LogP contribution < -0.4 is 0 Å². The van der Waals surface area contributed by atoms with Crippen molar-refractivity contribution in [3.63, 3.8) is 0 Å². The molecule has 0 N–H and O–H groups in total. The molecule has 78 heavy (non-hydrogen) atoms. The lowest BCUT2D eigenvalue weighted by atomic mass is 10.0. The van der Waals surface area contributed by atoms with Gasteiger partial charge >= 0.3 is 17.9 Å². The van der Waals surface area contributed by atoms with E-state index in [9.17, 15) is 14.4 Å². The van der Waals surface area contributed by atoms with E-state index in [0.29, 0.717) is 12.8 Å². The maximum absolute atomic E-state index is 12.9. The molecule has 0 fully saturated rings. The molecule has 1 atom stereocenters. The second-order valence-corrected chi connectivity index (χ2v) is 22.4. The van der Waals surface area contributed by atoms with Gasteiger partial charge in [0.25, 0.3) is 0 Å². The number of carbonyl (C=O) groups is 3. The molecule has 0 bridgehead atoms. The zero-order valence-corrected chi connectivity index (χ0v) is 51.7. The van der Waals surface area contributed by atoms with Gasteiger partial charge < -0.3 is 14.2 Å². The Kier molecular flexibility index (Phi) is 63.2. The molecule has 0 rings (SSSR count). The second kappa shape index (κ2) is 66.1. The van der Waals surface area contributed by atoms with E-state index >= 15 is 0 Å². The molecule has 0 aromatic heterocycles. The Morgan fingerprint density at radius 3 is 0.808 bits per heavy atom. The first kappa shape index (κ1) is 74.6. The van der Waals surface area contributed by atoms with Crippen molar-refractivity contribution in [2.24, 2.45) is 0 Å². The summed E-state index contributed by atoms with van der Waals surface area (Å²) in [6.45, 7) is 6.52. The molecule has 0 heterocycles. The van der Waals surface area contributed by atoms with E-state index in [1.807, 2.05) is 0 Å². The quantitative estimate of drug-likeness (QED) is 0.0261. The van der Waals surface area contributed by atoms with Crippen LogP contribution in [0.1, 0.15) is 335 Å². The lowest BCUT2D eigenvalue weighted by Crippen LogP contribution is -2.30. The Morgan fingerprint density at radius 1 is 0.269 bits per heavy atom. The monoisotopic (exact) mass is 1090 g/mol. The number of esters is 3. The van der Waals surface area contributed by atoms with E-state index in [1.165, 1.54) is 186 Å². The average molecular weight is 1090 g/mol. The minimum absolute atomic E-state index is 0.0900. The molecule has 6 heteroatoms. The molecule has 0 amide bonds. The maximum atomic E-state index is 12.9. The number of hydrogen-bond donors (Lipinski definition) is 0. The first-order valence-corrected chi connectivity index (χ1v) is 33.6. The summed E-state index contributed by atoms with van der Waals surface area (Å²) >= 11 is 0. The summed E-state index contributed by atoms with van der Waals surface area (Å²) in [5.41, 5.74) is 0. The molecule has 6 nitrogen and oxygen atoms in total. The van der Waals surface area contributed by atoms with Crippen LogP contribution in [0, 0.1) is 0 Å². The van der Waals surface area contributed by atoms with Crippen LogP contribution in [-0.4, -0.2) is 37.2 Å². The van der Waals surface area contributed by atoms with E-state index in [2.05, 4.69) is 106 Å². The van der Waals surface area contributed by atoms with Crippen molar-refractivity contribution in [1.82, 2.24) is 0 Å². The Bertz CT molecular complexity index is 1480. The van der Waals surface area contributed by atoms with E-state index < -0.39 is 6.10 Å². The molecule has 450 valence electrons. The van der Waals surface area contributed by atoms with Gasteiger partial charge in [-0.3, -0.25) is 14.4 Å². The average Bonchev–Trinajstić information content (AvgIpc) is 3.44. The van der Waals surface area contributed by atoms with Crippen LogP contribution in [0.15, 0.2) is 85.1 Å². The summed E-state index contributed by atoms with van der Waals surface area (Å²) in [7, 11) is 0. The highest BCUT2D eigenvalue weighted by molar-refractivity contribution is 5.71. The van der Waals surface area contributed by atoms with Gasteiger partial charge in [0.15, 0.2) is 6.10 Å². The van der Waals surface area contributed by atoms with E-state index in [4.69, 9.17) is 14.2 Å². The van der Waals surface area contributed by atoms with E-state index in [0.717, 1.165) is 109 Å². The largest absolute Gasteiger partial charge is 0.462 e. The SMILES string of the molecule is CC/C=C\C/C=C\C/C=C\C/C=C\C/C=C\CCCCCC(=O)OC(COC(=O)CCCCCCCCC/C=C\C/C=C\CCCCCC)COC(=O)CCCCCCCCCCCCCCCCCCCCCCCCC. The Labute approximate surface area is 484 Å². The number of allylic oxidation sites excluding steroid dienone is 14. The van der Waals surface area contributed by atoms with Crippen molar-refractivity contribution >= 4 is 17.9 Å². The van der Waals surface area contributed by atoms with Crippen molar-refractivity contribution in [3.8, 4) is 0 Å². The fourth-order valence-electron chi connectivity index (χ4n) is 9.62. The highest BCUT2D eigenvalue weighted by Gasteiger charge is 2.19. The summed E-state index contributed by atoms with van der Waals surface area (Å²) in [5, 5.41) is 0. The van der Waals surface area contributed by atoms with Gasteiger partial charge in [-0.15, -0.1) is 0 Å². The molecule has 0 radical (unpaired) electrons. The Hall–Kier alpha value is -3.41. The van der Waals surface area contributed by atoms with Crippen LogP contribution in [0.3, 0.4) is 0 Å². The van der Waals surface area contributed by atoms with Gasteiger partial charge in [0, 0.05) is 19.3 Å². The molecular formula is C72H126O6. The van der Waals surface area contributed by atoms with Gasteiger partial charge in [-0.05, 0) is 96.3 Å². The van der Waals surface area contributed by atoms with Gasteiger partial charge in [0.2, 0.25) is 0 Å². The first-order valence-electron chi connectivity index (χ1n) is 33.6. The van der Waals surface area contributed by atoms with Crippen molar-refractivity contribution in [3.05, 3.63) is 85.1 Å². The predicted octanol–water partition coefficient (Wildman–Crippen LogP) is 23.1. The van der Waals surface area contributed by atoms with Crippen LogP contribution in [0.2, 0.25) is 0 Å². The molecule has 0 aromatic carbocycles. The molecule has 1 unspecified atom stereocenters. The minimum atomic E-state index is -0.798. The smallest absolute Gasteiger partial charge is 0.306 e. The third-order valence-corrected chi connectivity index (χ3v) is 14.6. The van der Waals surface area contributed by atoms with Crippen molar-refractivity contribution in [2.45, 2.75) is 341 Å². The normalized spacial score (nSPS) is 12.6. The van der Waals surface area contributed by atoms with Gasteiger partial charge in [0.1, 0.15) is 13.2 Å². The minimum Gasteiger partial charge on any atom is -0.462 e. The molecule has 0 spiro atoms.